The Morgan fingerprint density at radius 3 is 2.38 bits per heavy atom. The standard InChI is InChI=1S/C14H22N2O4S/c1-5-11(2)15-14(17)10-16(3)21(18,19)13-8-6-12(20-4)7-9-13/h6-9,11H,5,10H2,1-4H3,(H,15,17)/t11-/m1/s1. The Hall–Kier alpha value is -1.60. The molecule has 0 fully saturated rings. The summed E-state index contributed by atoms with van der Waals surface area (Å²) >= 11 is 0. The van der Waals surface area contributed by atoms with Gasteiger partial charge in [-0.3, -0.25) is 4.79 Å². The zero-order valence-electron chi connectivity index (χ0n) is 12.8. The second kappa shape index (κ2) is 7.42. The molecule has 0 saturated heterocycles. The van der Waals surface area contributed by atoms with E-state index < -0.39 is 10.0 Å². The number of methoxy groups -OCH3 is 1. The largest absolute Gasteiger partial charge is 0.497 e. The van der Waals surface area contributed by atoms with Crippen molar-refractivity contribution in [3.8, 4) is 5.75 Å². The third-order valence-corrected chi connectivity index (χ3v) is 4.97. The van der Waals surface area contributed by atoms with E-state index in [1.54, 1.807) is 12.1 Å². The summed E-state index contributed by atoms with van der Waals surface area (Å²) in [5.41, 5.74) is 0. The van der Waals surface area contributed by atoms with Crippen LogP contribution >= 0.6 is 0 Å². The van der Waals surface area contributed by atoms with Gasteiger partial charge in [0.05, 0.1) is 18.6 Å². The fourth-order valence-corrected chi connectivity index (χ4v) is 2.76. The highest BCUT2D eigenvalue weighted by molar-refractivity contribution is 7.89. The Kier molecular flexibility index (Phi) is 6.17. The number of likely N-dealkylation sites (N-methyl/N-ethyl adjacent to an activating group) is 1. The van der Waals surface area contributed by atoms with Crippen LogP contribution in [0.4, 0.5) is 0 Å². The Bertz CT molecular complexity index is 569. The molecule has 0 aliphatic carbocycles. The predicted molar refractivity (Wildman–Crippen MR) is 80.7 cm³/mol. The lowest BCUT2D eigenvalue weighted by atomic mass is 10.2. The van der Waals surface area contributed by atoms with E-state index in [0.29, 0.717) is 5.75 Å². The molecule has 0 aliphatic rings. The first-order valence-corrected chi connectivity index (χ1v) is 8.15. The van der Waals surface area contributed by atoms with Crippen molar-refractivity contribution in [2.24, 2.45) is 0 Å². The molecule has 1 atom stereocenters. The highest BCUT2D eigenvalue weighted by atomic mass is 32.2. The first-order chi connectivity index (χ1) is 9.81. The van der Waals surface area contributed by atoms with E-state index in [0.717, 1.165) is 10.7 Å². The molecule has 21 heavy (non-hydrogen) atoms. The van der Waals surface area contributed by atoms with Crippen molar-refractivity contribution >= 4 is 15.9 Å². The van der Waals surface area contributed by atoms with E-state index in [2.05, 4.69) is 5.32 Å². The molecule has 0 aliphatic heterocycles. The van der Waals surface area contributed by atoms with E-state index in [4.69, 9.17) is 4.74 Å². The number of sulfonamides is 1. The second-order valence-corrected chi connectivity index (χ2v) is 6.86. The van der Waals surface area contributed by atoms with Gasteiger partial charge in [0.2, 0.25) is 15.9 Å². The van der Waals surface area contributed by atoms with Crippen LogP contribution in [0.2, 0.25) is 0 Å². The predicted octanol–water partition coefficient (Wildman–Crippen LogP) is 1.23. The van der Waals surface area contributed by atoms with Crippen LogP contribution in [0.15, 0.2) is 29.2 Å². The van der Waals surface area contributed by atoms with Gasteiger partial charge < -0.3 is 10.1 Å². The molecular weight excluding hydrogens is 292 g/mol. The number of hydrogen-bond acceptors (Lipinski definition) is 4. The van der Waals surface area contributed by atoms with Gasteiger partial charge in [-0.15, -0.1) is 0 Å². The van der Waals surface area contributed by atoms with Crippen molar-refractivity contribution < 1.29 is 17.9 Å². The summed E-state index contributed by atoms with van der Waals surface area (Å²) in [6.07, 6.45) is 0.792. The van der Waals surface area contributed by atoms with Crippen molar-refractivity contribution in [3.05, 3.63) is 24.3 Å². The second-order valence-electron chi connectivity index (χ2n) is 4.81. The zero-order chi connectivity index (χ0) is 16.0. The van der Waals surface area contributed by atoms with Crippen molar-refractivity contribution in [2.45, 2.75) is 31.2 Å². The summed E-state index contributed by atoms with van der Waals surface area (Å²) < 4.78 is 30.7. The molecule has 118 valence electrons. The highest BCUT2D eigenvalue weighted by Gasteiger charge is 2.23. The van der Waals surface area contributed by atoms with Crippen molar-refractivity contribution in [3.63, 3.8) is 0 Å². The zero-order valence-corrected chi connectivity index (χ0v) is 13.6. The summed E-state index contributed by atoms with van der Waals surface area (Å²) in [6.45, 7) is 3.61. The number of rotatable bonds is 7. The summed E-state index contributed by atoms with van der Waals surface area (Å²) in [5.74, 6) is 0.259. The molecule has 0 bridgehead atoms. The van der Waals surface area contributed by atoms with Gasteiger partial charge in [0.25, 0.3) is 0 Å². The summed E-state index contributed by atoms with van der Waals surface area (Å²) in [5, 5.41) is 2.74. The Morgan fingerprint density at radius 2 is 1.90 bits per heavy atom. The van der Waals surface area contributed by atoms with Crippen LogP contribution < -0.4 is 10.1 Å². The molecule has 1 amide bonds. The fraction of sp³-hybridized carbons (Fsp3) is 0.500. The van der Waals surface area contributed by atoms with Gasteiger partial charge in [-0.25, -0.2) is 8.42 Å². The Balaban J connectivity index is 2.79. The van der Waals surface area contributed by atoms with E-state index >= 15 is 0 Å². The lowest BCUT2D eigenvalue weighted by Gasteiger charge is -2.18. The van der Waals surface area contributed by atoms with Crippen LogP contribution in [0.5, 0.6) is 5.75 Å². The number of nitrogens with zero attached hydrogens (tertiary/aromatic N) is 1. The summed E-state index contributed by atoms with van der Waals surface area (Å²) in [4.78, 5) is 11.9. The number of carbonyl (C=O) groups is 1. The quantitative estimate of drug-likeness (QED) is 0.821. The van der Waals surface area contributed by atoms with Crippen molar-refractivity contribution in [2.75, 3.05) is 20.7 Å². The normalized spacial score (nSPS) is 13.0. The molecule has 0 unspecified atom stereocenters. The third kappa shape index (κ3) is 4.71. The molecule has 0 saturated carbocycles. The maximum absolute atomic E-state index is 12.3. The van der Waals surface area contributed by atoms with Gasteiger partial charge in [0, 0.05) is 13.1 Å². The molecule has 0 aromatic heterocycles. The van der Waals surface area contributed by atoms with Gasteiger partial charge in [-0.2, -0.15) is 4.31 Å². The number of nitrogens with one attached hydrogen (secondary N) is 1. The molecule has 1 rings (SSSR count). The van der Waals surface area contributed by atoms with Crippen LogP contribution in [0.3, 0.4) is 0 Å². The maximum atomic E-state index is 12.3. The molecule has 1 N–H and O–H groups in total. The van der Waals surface area contributed by atoms with Crippen LogP contribution in [0, 0.1) is 0 Å². The van der Waals surface area contributed by atoms with Crippen LogP contribution in [0.1, 0.15) is 20.3 Å². The van der Waals surface area contributed by atoms with Gasteiger partial charge in [-0.05, 0) is 37.6 Å². The Labute approximate surface area is 126 Å². The van der Waals surface area contributed by atoms with Gasteiger partial charge >= 0.3 is 0 Å². The number of carbonyl (C=O) groups excluding carboxylic acids is 1. The van der Waals surface area contributed by atoms with E-state index in [9.17, 15) is 13.2 Å². The van der Waals surface area contributed by atoms with E-state index in [-0.39, 0.29) is 23.4 Å². The highest BCUT2D eigenvalue weighted by Crippen LogP contribution is 2.18. The van der Waals surface area contributed by atoms with Crippen molar-refractivity contribution in [1.82, 2.24) is 9.62 Å². The van der Waals surface area contributed by atoms with E-state index in [1.807, 2.05) is 13.8 Å². The first-order valence-electron chi connectivity index (χ1n) is 6.71. The molecule has 0 radical (unpaired) electrons. The minimum Gasteiger partial charge on any atom is -0.497 e. The average Bonchev–Trinajstić information content (AvgIpc) is 2.46. The van der Waals surface area contributed by atoms with E-state index in [1.165, 1.54) is 26.3 Å². The molecular formula is C14H22N2O4S. The van der Waals surface area contributed by atoms with Gasteiger partial charge in [0.15, 0.2) is 0 Å². The van der Waals surface area contributed by atoms with Crippen LogP contribution in [-0.2, 0) is 14.8 Å². The molecule has 7 heteroatoms. The minimum atomic E-state index is -3.68. The summed E-state index contributed by atoms with van der Waals surface area (Å²) in [6, 6.07) is 6.07. The van der Waals surface area contributed by atoms with Gasteiger partial charge in [0.1, 0.15) is 5.75 Å². The summed E-state index contributed by atoms with van der Waals surface area (Å²) in [7, 11) is -0.791. The average molecular weight is 314 g/mol. The first kappa shape index (κ1) is 17.5. The SMILES string of the molecule is CC[C@@H](C)NC(=O)CN(C)S(=O)(=O)c1ccc(OC)cc1. The number of ether oxygens (including phenoxy) is 1. The number of amides is 1. The minimum absolute atomic E-state index is 0.0228. The lowest BCUT2D eigenvalue weighted by molar-refractivity contribution is -0.121. The third-order valence-electron chi connectivity index (χ3n) is 3.15. The van der Waals surface area contributed by atoms with Crippen LogP contribution in [0.25, 0.3) is 0 Å². The molecule has 0 heterocycles. The molecule has 6 nitrogen and oxygen atoms in total. The maximum Gasteiger partial charge on any atom is 0.243 e. The molecule has 0 spiro atoms. The smallest absolute Gasteiger partial charge is 0.243 e. The lowest BCUT2D eigenvalue weighted by Crippen LogP contribution is -2.41. The Morgan fingerprint density at radius 1 is 1.33 bits per heavy atom. The molecule has 1 aromatic carbocycles. The van der Waals surface area contributed by atoms with Gasteiger partial charge in [-0.1, -0.05) is 6.92 Å². The molecule has 1 aromatic rings. The topological polar surface area (TPSA) is 75.7 Å². The number of benzene rings is 1. The monoisotopic (exact) mass is 314 g/mol. The van der Waals surface area contributed by atoms with Crippen molar-refractivity contribution in [1.29, 1.82) is 0 Å². The fourth-order valence-electron chi connectivity index (χ4n) is 1.64. The van der Waals surface area contributed by atoms with Crippen LogP contribution in [-0.4, -0.2) is 45.4 Å². The number of hydrogen-bond donors (Lipinski definition) is 1.